The summed E-state index contributed by atoms with van der Waals surface area (Å²) in [5.74, 6) is 0.903. The Hall–Kier alpha value is -3.22. The van der Waals surface area contributed by atoms with Gasteiger partial charge in [0.2, 0.25) is 5.89 Å². The zero-order valence-corrected chi connectivity index (χ0v) is 14.1. The van der Waals surface area contributed by atoms with E-state index in [9.17, 15) is 4.79 Å². The topological polar surface area (TPSA) is 84.2 Å². The van der Waals surface area contributed by atoms with Crippen LogP contribution in [0.25, 0.3) is 0 Å². The molecule has 1 N–H and O–H groups in total. The first-order valence-electron chi connectivity index (χ1n) is 7.90. The lowest BCUT2D eigenvalue weighted by molar-refractivity contribution is 0.0946. The number of aromatic nitrogens is 3. The van der Waals surface area contributed by atoms with E-state index in [1.807, 2.05) is 48.3 Å². The predicted molar refractivity (Wildman–Crippen MR) is 93.0 cm³/mol. The number of hydrogen-bond acceptors (Lipinski definition) is 6. The number of anilines is 1. The van der Waals surface area contributed by atoms with Gasteiger partial charge in [0.1, 0.15) is 5.69 Å². The maximum absolute atomic E-state index is 12.3. The number of pyridine rings is 1. The van der Waals surface area contributed by atoms with Gasteiger partial charge in [-0.05, 0) is 17.7 Å². The standard InChI is InChI=1S/C18H19N5O2/c1-13-21-17(22-25-13)12-23(2)15-8-9-19-16(10-15)18(24)20-11-14-6-4-3-5-7-14/h3-10H,11-12H2,1-2H3,(H,20,24). The number of nitrogens with zero attached hydrogens (tertiary/aromatic N) is 4. The fourth-order valence-electron chi connectivity index (χ4n) is 2.36. The molecule has 7 nitrogen and oxygen atoms in total. The molecule has 1 aromatic carbocycles. The van der Waals surface area contributed by atoms with Crippen molar-refractivity contribution in [3.63, 3.8) is 0 Å². The third kappa shape index (κ3) is 4.41. The summed E-state index contributed by atoms with van der Waals surface area (Å²) < 4.78 is 4.97. The number of rotatable bonds is 6. The summed E-state index contributed by atoms with van der Waals surface area (Å²) in [5.41, 5.74) is 2.25. The Labute approximate surface area is 145 Å². The van der Waals surface area contributed by atoms with Crippen LogP contribution in [0.3, 0.4) is 0 Å². The first-order valence-corrected chi connectivity index (χ1v) is 7.90. The third-order valence-corrected chi connectivity index (χ3v) is 3.66. The number of benzene rings is 1. The van der Waals surface area contributed by atoms with Crippen LogP contribution in [0.5, 0.6) is 0 Å². The molecule has 3 rings (SSSR count). The Kier molecular flexibility index (Phi) is 5.03. The van der Waals surface area contributed by atoms with E-state index in [0.29, 0.717) is 30.5 Å². The molecule has 0 radical (unpaired) electrons. The van der Waals surface area contributed by atoms with Gasteiger partial charge in [-0.25, -0.2) is 0 Å². The quantitative estimate of drug-likeness (QED) is 0.743. The van der Waals surface area contributed by atoms with E-state index in [2.05, 4.69) is 20.4 Å². The minimum Gasteiger partial charge on any atom is -0.367 e. The van der Waals surface area contributed by atoms with Crippen LogP contribution in [-0.2, 0) is 13.1 Å². The van der Waals surface area contributed by atoms with Crippen LogP contribution in [0, 0.1) is 6.92 Å². The van der Waals surface area contributed by atoms with E-state index < -0.39 is 0 Å². The highest BCUT2D eigenvalue weighted by atomic mass is 16.5. The molecule has 1 amide bonds. The van der Waals surface area contributed by atoms with E-state index in [-0.39, 0.29) is 5.91 Å². The maximum Gasteiger partial charge on any atom is 0.270 e. The number of nitrogens with one attached hydrogen (secondary N) is 1. The molecule has 0 spiro atoms. The zero-order chi connectivity index (χ0) is 17.6. The maximum atomic E-state index is 12.3. The van der Waals surface area contributed by atoms with Gasteiger partial charge in [-0.2, -0.15) is 4.98 Å². The highest BCUT2D eigenvalue weighted by Gasteiger charge is 2.12. The summed E-state index contributed by atoms with van der Waals surface area (Å²) >= 11 is 0. The van der Waals surface area contributed by atoms with Crippen molar-refractivity contribution in [3.8, 4) is 0 Å². The number of aryl methyl sites for hydroxylation is 1. The highest BCUT2D eigenvalue weighted by molar-refractivity contribution is 5.93. The van der Waals surface area contributed by atoms with Gasteiger partial charge in [0, 0.05) is 32.4 Å². The fourth-order valence-corrected chi connectivity index (χ4v) is 2.36. The van der Waals surface area contributed by atoms with E-state index in [1.165, 1.54) is 0 Å². The smallest absolute Gasteiger partial charge is 0.270 e. The van der Waals surface area contributed by atoms with Gasteiger partial charge in [-0.15, -0.1) is 0 Å². The van der Waals surface area contributed by atoms with Crippen molar-refractivity contribution in [2.45, 2.75) is 20.0 Å². The molecular formula is C18H19N5O2. The van der Waals surface area contributed by atoms with Gasteiger partial charge in [-0.3, -0.25) is 9.78 Å². The van der Waals surface area contributed by atoms with Gasteiger partial charge in [0.15, 0.2) is 5.82 Å². The van der Waals surface area contributed by atoms with Gasteiger partial charge in [-0.1, -0.05) is 35.5 Å². The first kappa shape index (κ1) is 16.6. The van der Waals surface area contributed by atoms with Crippen LogP contribution < -0.4 is 10.2 Å². The molecule has 0 unspecified atom stereocenters. The van der Waals surface area contributed by atoms with E-state index in [1.54, 1.807) is 19.2 Å². The monoisotopic (exact) mass is 337 g/mol. The van der Waals surface area contributed by atoms with Crippen molar-refractivity contribution in [2.24, 2.45) is 0 Å². The SMILES string of the molecule is Cc1nc(CN(C)c2ccnc(C(=O)NCc3ccccc3)c2)no1. The van der Waals surface area contributed by atoms with Crippen LogP contribution in [0.2, 0.25) is 0 Å². The van der Waals surface area contributed by atoms with Crippen LogP contribution in [-0.4, -0.2) is 28.1 Å². The predicted octanol–water partition coefficient (Wildman–Crippen LogP) is 2.34. The van der Waals surface area contributed by atoms with Crippen molar-refractivity contribution >= 4 is 11.6 Å². The first-order chi connectivity index (χ1) is 12.1. The number of amides is 1. The molecule has 0 aliphatic heterocycles. The Morgan fingerprint density at radius 3 is 2.76 bits per heavy atom. The largest absolute Gasteiger partial charge is 0.367 e. The number of carbonyl (C=O) groups excluding carboxylic acids is 1. The van der Waals surface area contributed by atoms with Crippen molar-refractivity contribution < 1.29 is 9.32 Å². The molecule has 128 valence electrons. The lowest BCUT2D eigenvalue weighted by atomic mass is 10.2. The second-order valence-electron chi connectivity index (χ2n) is 5.65. The van der Waals surface area contributed by atoms with Gasteiger partial charge in [0.05, 0.1) is 6.54 Å². The lowest BCUT2D eigenvalue weighted by Crippen LogP contribution is -2.24. The van der Waals surface area contributed by atoms with Crippen LogP contribution in [0.15, 0.2) is 53.2 Å². The fraction of sp³-hybridized carbons (Fsp3) is 0.222. The molecule has 0 bridgehead atoms. The summed E-state index contributed by atoms with van der Waals surface area (Å²) in [6.45, 7) is 2.69. The molecule has 3 aromatic rings. The summed E-state index contributed by atoms with van der Waals surface area (Å²) in [4.78, 5) is 22.6. The number of carbonyl (C=O) groups is 1. The highest BCUT2D eigenvalue weighted by Crippen LogP contribution is 2.15. The van der Waals surface area contributed by atoms with Gasteiger partial charge in [0.25, 0.3) is 5.91 Å². The van der Waals surface area contributed by atoms with Crippen molar-refractivity contribution in [1.82, 2.24) is 20.4 Å². The average Bonchev–Trinajstić information content (AvgIpc) is 3.05. The Morgan fingerprint density at radius 2 is 2.04 bits per heavy atom. The Balaban J connectivity index is 1.64. The third-order valence-electron chi connectivity index (χ3n) is 3.66. The summed E-state index contributed by atoms with van der Waals surface area (Å²) in [5, 5.41) is 6.75. The van der Waals surface area contributed by atoms with Crippen LogP contribution >= 0.6 is 0 Å². The number of hydrogen-bond donors (Lipinski definition) is 1. The molecule has 25 heavy (non-hydrogen) atoms. The van der Waals surface area contributed by atoms with Gasteiger partial charge >= 0.3 is 0 Å². The minimum absolute atomic E-state index is 0.213. The van der Waals surface area contributed by atoms with Crippen LogP contribution in [0.1, 0.15) is 27.8 Å². The van der Waals surface area contributed by atoms with Gasteiger partial charge < -0.3 is 14.7 Å². The molecule has 2 heterocycles. The molecule has 0 fully saturated rings. The Morgan fingerprint density at radius 1 is 1.24 bits per heavy atom. The normalized spacial score (nSPS) is 10.5. The second-order valence-corrected chi connectivity index (χ2v) is 5.65. The lowest BCUT2D eigenvalue weighted by Gasteiger charge is -2.17. The zero-order valence-electron chi connectivity index (χ0n) is 14.1. The summed E-state index contributed by atoms with van der Waals surface area (Å²) in [6.07, 6.45) is 1.62. The minimum atomic E-state index is -0.213. The van der Waals surface area contributed by atoms with Crippen molar-refractivity contribution in [1.29, 1.82) is 0 Å². The molecule has 0 saturated carbocycles. The molecular weight excluding hydrogens is 318 g/mol. The van der Waals surface area contributed by atoms with E-state index in [4.69, 9.17) is 4.52 Å². The summed E-state index contributed by atoms with van der Waals surface area (Å²) in [6, 6.07) is 13.3. The van der Waals surface area contributed by atoms with Crippen LogP contribution in [0.4, 0.5) is 5.69 Å². The van der Waals surface area contributed by atoms with Crippen molar-refractivity contribution in [2.75, 3.05) is 11.9 Å². The second kappa shape index (κ2) is 7.57. The molecule has 0 atom stereocenters. The van der Waals surface area contributed by atoms with Crippen molar-refractivity contribution in [3.05, 3.63) is 71.6 Å². The Bertz CT molecular complexity index is 847. The summed E-state index contributed by atoms with van der Waals surface area (Å²) in [7, 11) is 1.90. The van der Waals surface area contributed by atoms with E-state index >= 15 is 0 Å². The molecule has 7 heteroatoms. The molecule has 0 aliphatic carbocycles. The molecule has 0 aliphatic rings. The molecule has 2 aromatic heterocycles. The van der Waals surface area contributed by atoms with E-state index in [0.717, 1.165) is 11.3 Å². The average molecular weight is 337 g/mol. The molecule has 0 saturated heterocycles.